The van der Waals surface area contributed by atoms with Crippen LogP contribution in [0.25, 0.3) is 0 Å². The molecule has 0 aliphatic carbocycles. The highest BCUT2D eigenvalue weighted by Crippen LogP contribution is 2.10. The number of benzene rings is 2. The zero-order valence-electron chi connectivity index (χ0n) is 9.73. The average Bonchev–Trinajstić information content (AvgIpc) is 2.29. The molecule has 0 saturated carbocycles. The lowest BCUT2D eigenvalue weighted by Crippen LogP contribution is -1.94. The van der Waals surface area contributed by atoms with Gasteiger partial charge in [-0.25, -0.2) is 0 Å². The molecule has 2 aromatic rings. The molecule has 1 heteroatoms. The lowest BCUT2D eigenvalue weighted by molar-refractivity contribution is 0.306. The summed E-state index contributed by atoms with van der Waals surface area (Å²) in [5.74, 6) is 0.514. The number of para-hydroxylation sites is 1. The van der Waals surface area contributed by atoms with Gasteiger partial charge in [-0.15, -0.1) is 0 Å². The third kappa shape index (κ3) is 2.36. The summed E-state index contributed by atoms with van der Waals surface area (Å²) < 4.78 is 20.5. The van der Waals surface area contributed by atoms with Crippen LogP contribution in [-0.2, 0) is 6.61 Å². The smallest absolute Gasteiger partial charge is 0.119 e. The van der Waals surface area contributed by atoms with Crippen LogP contribution in [0.3, 0.4) is 0 Å². The van der Waals surface area contributed by atoms with Crippen LogP contribution in [0.5, 0.6) is 5.75 Å². The topological polar surface area (TPSA) is 9.23 Å². The minimum atomic E-state index is 0.253. The van der Waals surface area contributed by atoms with Gasteiger partial charge in [0.25, 0.3) is 0 Å². The van der Waals surface area contributed by atoms with Crippen molar-refractivity contribution in [2.75, 3.05) is 0 Å². The van der Waals surface area contributed by atoms with Crippen LogP contribution in [0.2, 0.25) is 0 Å². The van der Waals surface area contributed by atoms with Gasteiger partial charge in [0.2, 0.25) is 0 Å². The van der Waals surface area contributed by atoms with Gasteiger partial charge in [-0.2, -0.15) is 0 Å². The van der Waals surface area contributed by atoms with Crippen LogP contribution in [0.1, 0.15) is 8.30 Å². The second-order valence-electron chi connectivity index (χ2n) is 2.93. The maximum absolute atomic E-state index is 7.63. The van der Waals surface area contributed by atoms with E-state index in [9.17, 15) is 0 Å². The standard InChI is InChI=1S/C13H12O/c1-3-7-12(8-4-1)11-14-13-9-5-2-6-10-13/h1-10H,11H2/i2D,9D. The Morgan fingerprint density at radius 1 is 1.00 bits per heavy atom. The zero-order valence-corrected chi connectivity index (χ0v) is 7.73. The van der Waals surface area contributed by atoms with Crippen molar-refractivity contribution < 1.29 is 7.48 Å². The van der Waals surface area contributed by atoms with E-state index in [0.717, 1.165) is 5.56 Å². The summed E-state index contributed by atoms with van der Waals surface area (Å²) in [7, 11) is 0. The van der Waals surface area contributed by atoms with E-state index < -0.39 is 0 Å². The summed E-state index contributed by atoms with van der Waals surface area (Å²) in [5.41, 5.74) is 1.07. The predicted octanol–water partition coefficient (Wildman–Crippen LogP) is 3.27. The monoisotopic (exact) mass is 186 g/mol. The molecule has 2 rings (SSSR count). The van der Waals surface area contributed by atoms with Crippen LogP contribution < -0.4 is 4.74 Å². The third-order valence-electron chi connectivity index (χ3n) is 1.87. The molecule has 0 aromatic heterocycles. The molecule has 0 unspecified atom stereocenters. The van der Waals surface area contributed by atoms with Crippen molar-refractivity contribution >= 4 is 0 Å². The fraction of sp³-hybridized carbons (Fsp3) is 0.0769. The summed E-state index contributed by atoms with van der Waals surface area (Å²) in [6, 6.07) is 15.1. The van der Waals surface area contributed by atoms with E-state index in [4.69, 9.17) is 7.48 Å². The summed E-state index contributed by atoms with van der Waals surface area (Å²) in [6.45, 7) is 0.448. The lowest BCUT2D eigenvalue weighted by atomic mass is 10.2. The highest BCUT2D eigenvalue weighted by atomic mass is 16.5. The van der Waals surface area contributed by atoms with Crippen LogP contribution in [-0.4, -0.2) is 0 Å². The maximum atomic E-state index is 7.63. The van der Waals surface area contributed by atoms with Crippen LogP contribution in [0.4, 0.5) is 0 Å². The minimum Gasteiger partial charge on any atom is -0.489 e. The normalized spacial score (nSPS) is 11.7. The van der Waals surface area contributed by atoms with Gasteiger partial charge in [-0.1, -0.05) is 48.5 Å². The van der Waals surface area contributed by atoms with E-state index in [0.29, 0.717) is 18.4 Å². The molecule has 14 heavy (non-hydrogen) atoms. The minimum absolute atomic E-state index is 0.253. The van der Waals surface area contributed by atoms with Crippen LogP contribution in [0, 0.1) is 0 Å². The summed E-state index contributed by atoms with van der Waals surface area (Å²) in [5, 5.41) is 0. The second kappa shape index (κ2) is 4.47. The summed E-state index contributed by atoms with van der Waals surface area (Å²) in [4.78, 5) is 0. The Hall–Kier alpha value is -1.76. The van der Waals surface area contributed by atoms with Gasteiger partial charge in [0.15, 0.2) is 0 Å². The van der Waals surface area contributed by atoms with Gasteiger partial charge >= 0.3 is 0 Å². The molecule has 0 fully saturated rings. The first-order valence-electron chi connectivity index (χ1n) is 5.50. The highest BCUT2D eigenvalue weighted by Gasteiger charge is 1.92. The second-order valence-corrected chi connectivity index (χ2v) is 2.93. The molecule has 1 nitrogen and oxygen atoms in total. The quantitative estimate of drug-likeness (QED) is 0.714. The van der Waals surface area contributed by atoms with E-state index in [1.165, 1.54) is 6.07 Å². The maximum Gasteiger partial charge on any atom is 0.119 e. The first-order valence-corrected chi connectivity index (χ1v) is 4.50. The van der Waals surface area contributed by atoms with Crippen molar-refractivity contribution in [3.63, 3.8) is 0 Å². The number of hydrogen-bond acceptors (Lipinski definition) is 1. The Balaban J connectivity index is 2.05. The molecule has 0 spiro atoms. The van der Waals surface area contributed by atoms with Crippen molar-refractivity contribution in [1.29, 1.82) is 0 Å². The van der Waals surface area contributed by atoms with Crippen molar-refractivity contribution in [3.05, 3.63) is 66.2 Å². The summed E-state index contributed by atoms with van der Waals surface area (Å²) in [6.07, 6.45) is 0. The Labute approximate surface area is 86.8 Å². The Bertz CT molecular complexity index is 469. The van der Waals surface area contributed by atoms with Gasteiger partial charge in [0.1, 0.15) is 12.4 Å². The fourth-order valence-corrected chi connectivity index (χ4v) is 1.16. The van der Waals surface area contributed by atoms with Crippen molar-refractivity contribution in [2.45, 2.75) is 6.61 Å². The molecule has 0 radical (unpaired) electrons. The van der Waals surface area contributed by atoms with Gasteiger partial charge < -0.3 is 4.74 Å². The average molecular weight is 186 g/mol. The molecule has 0 aliphatic rings. The van der Waals surface area contributed by atoms with Crippen LogP contribution >= 0.6 is 0 Å². The zero-order chi connectivity index (χ0) is 11.4. The van der Waals surface area contributed by atoms with Crippen molar-refractivity contribution in [1.82, 2.24) is 0 Å². The van der Waals surface area contributed by atoms with Gasteiger partial charge in [0.05, 0.1) is 2.74 Å². The van der Waals surface area contributed by atoms with Gasteiger partial charge in [-0.3, -0.25) is 0 Å². The molecule has 0 bridgehead atoms. The van der Waals surface area contributed by atoms with E-state index in [2.05, 4.69) is 0 Å². The molecule has 0 saturated heterocycles. The number of ether oxygens (including phenoxy) is 1. The van der Waals surface area contributed by atoms with E-state index >= 15 is 0 Å². The first-order chi connectivity index (χ1) is 7.75. The van der Waals surface area contributed by atoms with Crippen molar-refractivity contribution in [2.24, 2.45) is 0 Å². The fourth-order valence-electron chi connectivity index (χ4n) is 1.16. The molecule has 70 valence electrons. The predicted molar refractivity (Wildman–Crippen MR) is 57.2 cm³/mol. The van der Waals surface area contributed by atoms with E-state index in [1.54, 1.807) is 12.1 Å². The van der Waals surface area contributed by atoms with Gasteiger partial charge in [0, 0.05) is 0 Å². The van der Waals surface area contributed by atoms with E-state index in [-0.39, 0.29) is 6.04 Å². The molecule has 0 amide bonds. The molecular formula is C13H12O. The molecular weight excluding hydrogens is 172 g/mol. The molecule has 0 aliphatic heterocycles. The highest BCUT2D eigenvalue weighted by molar-refractivity contribution is 5.22. The summed E-state index contributed by atoms with van der Waals surface area (Å²) >= 11 is 0. The first kappa shape index (κ1) is 6.66. The Kier molecular flexibility index (Phi) is 2.13. The van der Waals surface area contributed by atoms with E-state index in [1.807, 2.05) is 30.3 Å². The lowest BCUT2D eigenvalue weighted by Gasteiger charge is -2.05. The Morgan fingerprint density at radius 3 is 2.64 bits per heavy atom. The third-order valence-corrected chi connectivity index (χ3v) is 1.87. The molecule has 0 atom stereocenters. The largest absolute Gasteiger partial charge is 0.489 e. The Morgan fingerprint density at radius 2 is 1.86 bits per heavy atom. The van der Waals surface area contributed by atoms with Crippen molar-refractivity contribution in [3.8, 4) is 5.75 Å². The van der Waals surface area contributed by atoms with Crippen LogP contribution in [0.15, 0.2) is 60.6 Å². The van der Waals surface area contributed by atoms with Gasteiger partial charge in [-0.05, 0) is 17.7 Å². The number of rotatable bonds is 3. The molecule has 0 N–H and O–H groups in total. The molecule has 0 heterocycles. The SMILES string of the molecule is [2H]c1ccc(OCc2ccccc2)c([2H])c1. The number of hydrogen-bond donors (Lipinski definition) is 0. The molecule has 2 aromatic carbocycles.